The molecular formula is C17H24N2O3. The van der Waals surface area contributed by atoms with Crippen molar-refractivity contribution >= 4 is 11.8 Å². The number of hydrogen-bond donors (Lipinski definition) is 1. The summed E-state index contributed by atoms with van der Waals surface area (Å²) in [7, 11) is 1.65. The van der Waals surface area contributed by atoms with Gasteiger partial charge in [-0.25, -0.2) is 0 Å². The minimum atomic E-state index is -0.109. The zero-order valence-electron chi connectivity index (χ0n) is 13.1. The van der Waals surface area contributed by atoms with Crippen molar-refractivity contribution in [3.8, 4) is 0 Å². The number of carbonyl (C=O) groups is 2. The van der Waals surface area contributed by atoms with Gasteiger partial charge in [0, 0.05) is 26.6 Å². The maximum Gasteiger partial charge on any atom is 0.239 e. The van der Waals surface area contributed by atoms with Gasteiger partial charge in [0.1, 0.15) is 0 Å². The van der Waals surface area contributed by atoms with E-state index in [4.69, 9.17) is 4.74 Å². The molecule has 1 fully saturated rings. The van der Waals surface area contributed by atoms with Gasteiger partial charge in [0.2, 0.25) is 11.8 Å². The van der Waals surface area contributed by atoms with Crippen molar-refractivity contribution < 1.29 is 14.3 Å². The van der Waals surface area contributed by atoms with Gasteiger partial charge in [-0.3, -0.25) is 9.59 Å². The first-order chi connectivity index (χ1) is 10.7. The molecule has 0 aliphatic carbocycles. The Balaban J connectivity index is 1.86. The maximum atomic E-state index is 12.1. The zero-order chi connectivity index (χ0) is 15.8. The van der Waals surface area contributed by atoms with E-state index in [0.29, 0.717) is 26.1 Å². The molecule has 0 saturated carbocycles. The molecule has 1 aromatic carbocycles. The molecule has 1 saturated heterocycles. The Morgan fingerprint density at radius 3 is 2.77 bits per heavy atom. The topological polar surface area (TPSA) is 58.6 Å². The summed E-state index contributed by atoms with van der Waals surface area (Å²) in [5, 5.41) is 2.90. The molecule has 5 heteroatoms. The van der Waals surface area contributed by atoms with Gasteiger partial charge in [0.05, 0.1) is 13.2 Å². The minimum Gasteiger partial charge on any atom is -0.380 e. The second kappa shape index (κ2) is 8.54. The van der Waals surface area contributed by atoms with E-state index in [9.17, 15) is 9.59 Å². The van der Waals surface area contributed by atoms with E-state index < -0.39 is 0 Å². The average molecular weight is 304 g/mol. The summed E-state index contributed by atoms with van der Waals surface area (Å²) in [6, 6.07) is 7.86. The van der Waals surface area contributed by atoms with Crippen molar-refractivity contribution in [2.24, 2.45) is 0 Å². The number of likely N-dealkylation sites (tertiary alicyclic amines) is 1. The summed E-state index contributed by atoms with van der Waals surface area (Å²) < 4.78 is 5.16. The van der Waals surface area contributed by atoms with Crippen molar-refractivity contribution in [3.05, 3.63) is 35.4 Å². The van der Waals surface area contributed by atoms with Gasteiger partial charge in [-0.1, -0.05) is 30.7 Å². The molecule has 0 radical (unpaired) electrons. The van der Waals surface area contributed by atoms with Crippen molar-refractivity contribution in [2.75, 3.05) is 20.2 Å². The quantitative estimate of drug-likeness (QED) is 0.872. The van der Waals surface area contributed by atoms with Crippen LogP contribution in [0.25, 0.3) is 0 Å². The third kappa shape index (κ3) is 4.84. The normalized spacial score (nSPS) is 15.5. The van der Waals surface area contributed by atoms with Crippen molar-refractivity contribution in [1.82, 2.24) is 10.2 Å². The smallest absolute Gasteiger partial charge is 0.239 e. The summed E-state index contributed by atoms with van der Waals surface area (Å²) in [4.78, 5) is 25.6. The van der Waals surface area contributed by atoms with Crippen LogP contribution in [-0.4, -0.2) is 36.9 Å². The van der Waals surface area contributed by atoms with E-state index in [1.807, 2.05) is 24.3 Å². The number of rotatable bonds is 6. The molecule has 1 aliphatic heterocycles. The number of nitrogens with zero attached hydrogens (tertiary/aromatic N) is 1. The highest BCUT2D eigenvalue weighted by Crippen LogP contribution is 2.11. The van der Waals surface area contributed by atoms with E-state index in [1.54, 1.807) is 12.0 Å². The Morgan fingerprint density at radius 1 is 1.23 bits per heavy atom. The van der Waals surface area contributed by atoms with Gasteiger partial charge < -0.3 is 15.0 Å². The Kier molecular flexibility index (Phi) is 6.40. The molecule has 0 unspecified atom stereocenters. The molecule has 1 aromatic rings. The van der Waals surface area contributed by atoms with Crippen LogP contribution in [0.4, 0.5) is 0 Å². The average Bonchev–Trinajstić information content (AvgIpc) is 2.72. The van der Waals surface area contributed by atoms with Crippen LogP contribution < -0.4 is 5.32 Å². The molecule has 1 N–H and O–H groups in total. The van der Waals surface area contributed by atoms with Gasteiger partial charge >= 0.3 is 0 Å². The van der Waals surface area contributed by atoms with Crippen LogP contribution in [0.1, 0.15) is 36.8 Å². The summed E-state index contributed by atoms with van der Waals surface area (Å²) in [5.74, 6) is -0.0186. The number of methoxy groups -OCH3 is 1. The molecule has 5 nitrogen and oxygen atoms in total. The Bertz CT molecular complexity index is 516. The minimum absolute atomic E-state index is 0.0902. The van der Waals surface area contributed by atoms with Gasteiger partial charge in [0.15, 0.2) is 0 Å². The molecule has 120 valence electrons. The van der Waals surface area contributed by atoms with Crippen LogP contribution >= 0.6 is 0 Å². The standard InChI is InChI=1S/C17H24N2O3/c1-22-13-15-8-5-4-7-14(15)11-18-16(20)12-19-10-6-2-3-9-17(19)21/h4-5,7-8H,2-3,6,9-13H2,1H3,(H,18,20). The highest BCUT2D eigenvalue weighted by atomic mass is 16.5. The van der Waals surface area contributed by atoms with Crippen LogP contribution in [0.15, 0.2) is 24.3 Å². The first-order valence-electron chi connectivity index (χ1n) is 7.81. The predicted octanol–water partition coefficient (Wildman–Crippen LogP) is 1.85. The van der Waals surface area contributed by atoms with Crippen LogP contribution in [-0.2, 0) is 27.5 Å². The van der Waals surface area contributed by atoms with Crippen molar-refractivity contribution in [3.63, 3.8) is 0 Å². The van der Waals surface area contributed by atoms with Crippen molar-refractivity contribution in [2.45, 2.75) is 38.8 Å². The van der Waals surface area contributed by atoms with Crippen LogP contribution in [0.2, 0.25) is 0 Å². The van der Waals surface area contributed by atoms with Gasteiger partial charge in [-0.05, 0) is 24.0 Å². The van der Waals surface area contributed by atoms with Crippen LogP contribution in [0.5, 0.6) is 0 Å². The summed E-state index contributed by atoms with van der Waals surface area (Å²) in [5.41, 5.74) is 2.11. The first-order valence-corrected chi connectivity index (χ1v) is 7.81. The molecule has 0 atom stereocenters. The SMILES string of the molecule is COCc1ccccc1CNC(=O)CN1CCCCCC1=O. The fraction of sp³-hybridized carbons (Fsp3) is 0.529. The van der Waals surface area contributed by atoms with E-state index in [0.717, 1.165) is 30.4 Å². The fourth-order valence-corrected chi connectivity index (χ4v) is 2.66. The summed E-state index contributed by atoms with van der Waals surface area (Å²) in [6.45, 7) is 1.83. The van der Waals surface area contributed by atoms with Gasteiger partial charge in [-0.15, -0.1) is 0 Å². The van der Waals surface area contributed by atoms with E-state index in [-0.39, 0.29) is 18.4 Å². The molecule has 0 spiro atoms. The highest BCUT2D eigenvalue weighted by molar-refractivity contribution is 5.84. The number of nitrogens with one attached hydrogen (secondary N) is 1. The lowest BCUT2D eigenvalue weighted by atomic mass is 10.1. The summed E-state index contributed by atoms with van der Waals surface area (Å²) >= 11 is 0. The third-order valence-electron chi connectivity index (χ3n) is 3.90. The zero-order valence-corrected chi connectivity index (χ0v) is 13.1. The monoisotopic (exact) mass is 304 g/mol. The van der Waals surface area contributed by atoms with Crippen LogP contribution in [0, 0.1) is 0 Å². The van der Waals surface area contributed by atoms with Crippen molar-refractivity contribution in [1.29, 1.82) is 0 Å². The summed E-state index contributed by atoms with van der Waals surface area (Å²) in [6.07, 6.45) is 3.54. The maximum absolute atomic E-state index is 12.1. The van der Waals surface area contributed by atoms with E-state index in [1.165, 1.54) is 0 Å². The molecule has 0 aromatic heterocycles. The molecule has 1 heterocycles. The second-order valence-electron chi connectivity index (χ2n) is 5.60. The Hall–Kier alpha value is -1.88. The lowest BCUT2D eigenvalue weighted by Crippen LogP contribution is -2.40. The predicted molar refractivity (Wildman–Crippen MR) is 84.0 cm³/mol. The molecular weight excluding hydrogens is 280 g/mol. The lowest BCUT2D eigenvalue weighted by molar-refractivity contribution is -0.135. The highest BCUT2D eigenvalue weighted by Gasteiger charge is 2.19. The number of hydrogen-bond acceptors (Lipinski definition) is 3. The fourth-order valence-electron chi connectivity index (χ4n) is 2.66. The van der Waals surface area contributed by atoms with E-state index >= 15 is 0 Å². The van der Waals surface area contributed by atoms with Gasteiger partial charge in [0.25, 0.3) is 0 Å². The van der Waals surface area contributed by atoms with Crippen LogP contribution in [0.3, 0.4) is 0 Å². The Morgan fingerprint density at radius 2 is 2.00 bits per heavy atom. The number of benzene rings is 1. The first kappa shape index (κ1) is 16.5. The molecule has 0 bridgehead atoms. The third-order valence-corrected chi connectivity index (χ3v) is 3.90. The molecule has 2 rings (SSSR count). The number of amides is 2. The van der Waals surface area contributed by atoms with E-state index in [2.05, 4.69) is 5.32 Å². The van der Waals surface area contributed by atoms with Gasteiger partial charge in [-0.2, -0.15) is 0 Å². The Labute approximate surface area is 131 Å². The molecule has 2 amide bonds. The lowest BCUT2D eigenvalue weighted by Gasteiger charge is -2.20. The number of ether oxygens (including phenoxy) is 1. The molecule has 22 heavy (non-hydrogen) atoms. The second-order valence-corrected chi connectivity index (χ2v) is 5.60. The number of carbonyl (C=O) groups excluding carboxylic acids is 2. The largest absolute Gasteiger partial charge is 0.380 e. The molecule has 1 aliphatic rings.